The van der Waals surface area contributed by atoms with Crippen LogP contribution < -0.4 is 21.4 Å². The summed E-state index contributed by atoms with van der Waals surface area (Å²) in [4.78, 5) is 62.0. The molecule has 0 spiro atoms. The molecule has 290 valence electrons. The summed E-state index contributed by atoms with van der Waals surface area (Å²) in [6.45, 7) is -0.160. The lowest BCUT2D eigenvalue weighted by atomic mass is 10.1. The number of H-pyrrole nitrogens is 2. The van der Waals surface area contributed by atoms with Crippen molar-refractivity contribution in [2.24, 2.45) is 7.05 Å². The SMILES string of the molecule is BP(=O)(OC[C@H]1O[C@@H](n2c[n+](C)c3c(=O)[nH]c(N)nc32)C(O)[C@H]1O)OP(=O)(O)OP(=O)(O)OC[C@H]1O[C@@H](n2cnc3c(=O)[nH]c(C)nc32)C(O)[C@H]1OC. The number of fused-ring (bicyclic) bond motifs is 2. The first-order valence-corrected chi connectivity index (χ1v) is 20.2. The third kappa shape index (κ3) is 7.96. The van der Waals surface area contributed by atoms with E-state index in [0.29, 0.717) is 7.57 Å². The molecular weight excluding hydrogens is 778 g/mol. The Morgan fingerprint density at radius 3 is 2.28 bits per heavy atom. The number of methoxy groups -OCH3 is 1. The third-order valence-electron chi connectivity index (χ3n) is 8.14. The number of nitrogens with one attached hydrogen (secondary N) is 2. The maximum atomic E-state index is 13.0. The summed E-state index contributed by atoms with van der Waals surface area (Å²) in [5.41, 5.74) is 4.56. The first-order chi connectivity index (χ1) is 24.7. The normalized spacial score (nSPS) is 29.7. The van der Waals surface area contributed by atoms with Gasteiger partial charge < -0.3 is 54.6 Å². The number of aryl methyl sites for hydroxylation is 2. The number of imidazole rings is 2. The van der Waals surface area contributed by atoms with Crippen LogP contribution in [0.25, 0.3) is 22.3 Å². The minimum Gasteiger partial charge on any atom is -0.387 e. The standard InChI is InChI=1S/C23H33BN9O17P3/c1-8-27-17-11(19(37)28-8)26-6-32(17)22-15(36)16(44-3)10(48-22)5-46-52(40,41)50-53(42,43)49-51(24,39)45-4-9-13(34)14(35)21(47-9)33-7-31(2)12-18(33)29-23(25)30-20(12)38/h6-7,9-10,13-16,21-22,34-36H,4-5,24H2,1-3H3,(H5-,25,27,28,29,30,37,38,40,41,42,43)/p+1/t9-,10-,13+,14?,15?,16+,21-,22-,51?/m1/s1. The lowest BCUT2D eigenvalue weighted by Crippen LogP contribution is -2.35. The largest absolute Gasteiger partial charge is 0.487 e. The van der Waals surface area contributed by atoms with Gasteiger partial charge in [-0.05, 0) is 6.92 Å². The number of aliphatic hydroxyl groups excluding tert-OH is 3. The molecule has 53 heavy (non-hydrogen) atoms. The summed E-state index contributed by atoms with van der Waals surface area (Å²) in [6.07, 6.45) is -8.83. The topological polar surface area (TPSA) is 361 Å². The summed E-state index contributed by atoms with van der Waals surface area (Å²) >= 11 is 0. The smallest absolute Gasteiger partial charge is 0.387 e. The van der Waals surface area contributed by atoms with Crippen molar-refractivity contribution < 1.29 is 75.2 Å². The van der Waals surface area contributed by atoms with Crippen LogP contribution in [0, 0.1) is 6.92 Å². The quantitative estimate of drug-likeness (QED) is 0.0368. The molecule has 2 fully saturated rings. The molecule has 2 saturated heterocycles. The van der Waals surface area contributed by atoms with Crippen molar-refractivity contribution >= 4 is 59.0 Å². The molecule has 0 radical (unpaired) electrons. The first-order valence-electron chi connectivity index (χ1n) is 15.2. The monoisotopic (exact) mass is 812 g/mol. The number of anilines is 1. The molecule has 0 saturated carbocycles. The Morgan fingerprint density at radius 1 is 0.925 bits per heavy atom. The van der Waals surface area contributed by atoms with E-state index in [1.807, 2.05) is 0 Å². The van der Waals surface area contributed by atoms with Gasteiger partial charge in [0.1, 0.15) is 42.4 Å². The lowest BCUT2D eigenvalue weighted by Gasteiger charge is -2.23. The number of phosphoric ester groups is 1. The van der Waals surface area contributed by atoms with Crippen molar-refractivity contribution in [2.75, 3.05) is 26.1 Å². The summed E-state index contributed by atoms with van der Waals surface area (Å²) in [6, 6.07) is 0. The van der Waals surface area contributed by atoms with Gasteiger partial charge in [0, 0.05) is 7.11 Å². The number of rotatable bonds is 13. The molecule has 2 aliphatic rings. The van der Waals surface area contributed by atoms with E-state index in [1.165, 1.54) is 47.4 Å². The number of nitrogens with zero attached hydrogens (tertiary/aromatic N) is 6. The number of nitrogens with two attached hydrogens (primary N) is 1. The van der Waals surface area contributed by atoms with Crippen molar-refractivity contribution in [2.45, 2.75) is 56.0 Å². The number of aromatic amines is 2. The molecule has 11 atom stereocenters. The van der Waals surface area contributed by atoms with Crippen LogP contribution in [0.5, 0.6) is 0 Å². The Balaban J connectivity index is 1.06. The Bertz CT molecular complexity index is 2300. The Morgan fingerprint density at radius 2 is 1.58 bits per heavy atom. The van der Waals surface area contributed by atoms with E-state index in [1.54, 1.807) is 0 Å². The van der Waals surface area contributed by atoms with E-state index in [-0.39, 0.29) is 34.1 Å². The highest BCUT2D eigenvalue weighted by Gasteiger charge is 2.50. The van der Waals surface area contributed by atoms with Crippen LogP contribution >= 0.6 is 23.1 Å². The van der Waals surface area contributed by atoms with Gasteiger partial charge in [0.2, 0.25) is 18.5 Å². The van der Waals surface area contributed by atoms with Gasteiger partial charge in [0.25, 0.3) is 31.8 Å². The molecule has 0 amide bonds. The van der Waals surface area contributed by atoms with E-state index < -0.39 is 96.5 Å². The van der Waals surface area contributed by atoms with Crippen LogP contribution in [0.3, 0.4) is 0 Å². The maximum absolute atomic E-state index is 13.0. The van der Waals surface area contributed by atoms with Gasteiger partial charge in [-0.2, -0.15) is 13.9 Å². The fourth-order valence-electron chi connectivity index (χ4n) is 5.90. The highest BCUT2D eigenvalue weighted by Crippen LogP contribution is 2.67. The second-order valence-corrected chi connectivity index (χ2v) is 17.2. The highest BCUT2D eigenvalue weighted by molar-refractivity contribution is 7.84. The van der Waals surface area contributed by atoms with Crippen molar-refractivity contribution in [1.82, 2.24) is 34.1 Å². The molecule has 26 nitrogen and oxygen atoms in total. The molecule has 0 bridgehead atoms. The van der Waals surface area contributed by atoms with Gasteiger partial charge in [0.05, 0.1) is 26.6 Å². The van der Waals surface area contributed by atoms with Crippen LogP contribution in [-0.2, 0) is 52.6 Å². The van der Waals surface area contributed by atoms with E-state index in [9.17, 15) is 48.4 Å². The lowest BCUT2D eigenvalue weighted by molar-refractivity contribution is -0.646. The van der Waals surface area contributed by atoms with Crippen molar-refractivity contribution in [1.29, 1.82) is 0 Å². The van der Waals surface area contributed by atoms with Crippen LogP contribution in [-0.4, -0.2) is 124 Å². The van der Waals surface area contributed by atoms with E-state index in [2.05, 4.69) is 33.5 Å². The van der Waals surface area contributed by atoms with Crippen molar-refractivity contribution in [3.8, 4) is 0 Å². The summed E-state index contributed by atoms with van der Waals surface area (Å²) in [7, 11) is -12.5. The Kier molecular flexibility index (Phi) is 10.8. The van der Waals surface area contributed by atoms with E-state index in [4.69, 9.17) is 29.0 Å². The fourth-order valence-corrected chi connectivity index (χ4v) is 9.97. The number of aromatic nitrogens is 8. The molecule has 0 aliphatic carbocycles. The molecule has 4 aromatic rings. The van der Waals surface area contributed by atoms with E-state index in [0.717, 1.165) is 0 Å². The molecule has 0 aromatic carbocycles. The molecule has 9 N–H and O–H groups in total. The predicted octanol–water partition coefficient (Wildman–Crippen LogP) is -3.53. The Hall–Kier alpha value is -3.23. The average molecular weight is 812 g/mol. The van der Waals surface area contributed by atoms with Gasteiger partial charge in [-0.15, -0.1) is 0 Å². The number of nitrogen functional groups attached to an aromatic ring is 1. The molecule has 5 unspecified atom stereocenters. The zero-order valence-electron chi connectivity index (χ0n) is 27.9. The molecule has 2 aliphatic heterocycles. The second-order valence-electron chi connectivity index (χ2n) is 12.0. The zero-order chi connectivity index (χ0) is 38.8. The van der Waals surface area contributed by atoms with Gasteiger partial charge >= 0.3 is 21.2 Å². The minimum atomic E-state index is -5.72. The molecule has 6 rings (SSSR count). The zero-order valence-corrected chi connectivity index (χ0v) is 30.6. The first kappa shape index (κ1) is 39.5. The van der Waals surface area contributed by atoms with Crippen LogP contribution in [0.2, 0.25) is 0 Å². The molecule has 4 aromatic heterocycles. The van der Waals surface area contributed by atoms with Gasteiger partial charge in [-0.3, -0.25) is 28.2 Å². The molecular formula is C23H34BN9O17P3+. The fraction of sp³-hybridized carbons (Fsp3) is 0.565. The van der Waals surface area contributed by atoms with Gasteiger partial charge in [-0.25, -0.2) is 28.0 Å². The van der Waals surface area contributed by atoms with Crippen LogP contribution in [0.15, 0.2) is 22.2 Å². The average Bonchev–Trinajstić information content (AvgIpc) is 3.76. The van der Waals surface area contributed by atoms with E-state index >= 15 is 0 Å². The van der Waals surface area contributed by atoms with Crippen LogP contribution in [0.4, 0.5) is 5.95 Å². The minimum absolute atomic E-state index is 0.00434. The summed E-state index contributed by atoms with van der Waals surface area (Å²) in [5, 5.41) is 32.2. The van der Waals surface area contributed by atoms with Gasteiger partial charge in [0.15, 0.2) is 17.4 Å². The van der Waals surface area contributed by atoms with Gasteiger partial charge in [-0.1, -0.05) is 0 Å². The molecule has 30 heteroatoms. The van der Waals surface area contributed by atoms with Crippen molar-refractivity contribution in [3.63, 3.8) is 0 Å². The summed E-state index contributed by atoms with van der Waals surface area (Å²) < 4.78 is 77.6. The predicted molar refractivity (Wildman–Crippen MR) is 175 cm³/mol. The third-order valence-corrected chi connectivity index (χ3v) is 12.9. The van der Waals surface area contributed by atoms with Crippen molar-refractivity contribution in [3.05, 3.63) is 39.2 Å². The molecule has 6 heterocycles. The highest BCUT2D eigenvalue weighted by atomic mass is 31.3. The Labute approximate surface area is 296 Å². The number of hydrogen-bond acceptors (Lipinski definition) is 19. The maximum Gasteiger partial charge on any atom is 0.487 e. The number of ether oxygens (including phenoxy) is 3. The summed E-state index contributed by atoms with van der Waals surface area (Å²) in [5.74, 6) is 0.00561. The number of phosphoric acid groups is 2. The van der Waals surface area contributed by atoms with Crippen LogP contribution in [0.1, 0.15) is 18.3 Å². The second kappa shape index (κ2) is 14.4. The number of aliphatic hydroxyl groups is 3. The number of hydrogen-bond donors (Lipinski definition) is 8.